The van der Waals surface area contributed by atoms with Crippen molar-refractivity contribution in [2.24, 2.45) is 4.99 Å². The van der Waals surface area contributed by atoms with Crippen LogP contribution in [0.1, 0.15) is 25.0 Å². The van der Waals surface area contributed by atoms with E-state index in [9.17, 15) is 0 Å². The van der Waals surface area contributed by atoms with Crippen molar-refractivity contribution in [3.63, 3.8) is 0 Å². The van der Waals surface area contributed by atoms with Gasteiger partial charge < -0.3 is 15.4 Å². The third-order valence-corrected chi connectivity index (χ3v) is 4.06. The number of nitrogens with zero attached hydrogens (tertiary/aromatic N) is 4. The Balaban J connectivity index is 1.62. The summed E-state index contributed by atoms with van der Waals surface area (Å²) in [6, 6.07) is 12.0. The summed E-state index contributed by atoms with van der Waals surface area (Å²) in [6.07, 6.45) is 7.17. The lowest BCUT2D eigenvalue weighted by Gasteiger charge is -2.14. The molecular formula is C21H26N6O. The summed E-state index contributed by atoms with van der Waals surface area (Å²) < 4.78 is 7.55. The zero-order valence-electron chi connectivity index (χ0n) is 16.3. The molecule has 0 bridgehead atoms. The minimum atomic E-state index is 0.541. The molecule has 28 heavy (non-hydrogen) atoms. The molecule has 3 aromatic rings. The second-order valence-electron chi connectivity index (χ2n) is 6.08. The molecule has 0 unspecified atom stereocenters. The number of benzene rings is 1. The molecule has 0 aliphatic heterocycles. The number of aliphatic imine (C=N–C) groups is 1. The fourth-order valence-corrected chi connectivity index (χ4v) is 2.69. The standard InChI is InChI=1S/C21H26N6O/c1-3-23-21(26-15-18-7-5-6-8-19(18)28-4-2)25-14-17-9-10-20(24-13-17)27-12-11-22-16-27/h5-13,16H,3-4,14-15H2,1-2H3,(H2,23,25,26). The zero-order chi connectivity index (χ0) is 19.6. The highest BCUT2D eigenvalue weighted by atomic mass is 16.5. The van der Waals surface area contributed by atoms with Crippen molar-refractivity contribution >= 4 is 5.96 Å². The number of hydrogen-bond acceptors (Lipinski definition) is 4. The number of hydrogen-bond donors (Lipinski definition) is 2. The Kier molecular flexibility index (Phi) is 7.01. The number of guanidine groups is 1. The molecule has 2 aromatic heterocycles. The van der Waals surface area contributed by atoms with Crippen LogP contribution in [0, 0.1) is 0 Å². The smallest absolute Gasteiger partial charge is 0.191 e. The van der Waals surface area contributed by atoms with E-state index in [1.807, 2.05) is 61.1 Å². The quantitative estimate of drug-likeness (QED) is 0.466. The van der Waals surface area contributed by atoms with E-state index in [1.54, 1.807) is 12.5 Å². The average Bonchev–Trinajstić information content (AvgIpc) is 3.26. The van der Waals surface area contributed by atoms with Crippen LogP contribution in [0.15, 0.2) is 66.3 Å². The van der Waals surface area contributed by atoms with Crippen LogP contribution in [0.4, 0.5) is 0 Å². The maximum atomic E-state index is 5.69. The third-order valence-electron chi connectivity index (χ3n) is 4.06. The Morgan fingerprint density at radius 3 is 2.75 bits per heavy atom. The van der Waals surface area contributed by atoms with E-state index in [2.05, 4.69) is 31.7 Å². The number of imidazole rings is 1. The monoisotopic (exact) mass is 378 g/mol. The fourth-order valence-electron chi connectivity index (χ4n) is 2.69. The van der Waals surface area contributed by atoms with Gasteiger partial charge in [-0.25, -0.2) is 15.0 Å². The molecular weight excluding hydrogens is 352 g/mol. The highest BCUT2D eigenvalue weighted by Gasteiger charge is 2.04. The first-order valence-electron chi connectivity index (χ1n) is 9.46. The lowest BCUT2D eigenvalue weighted by molar-refractivity contribution is 0.336. The second kappa shape index (κ2) is 10.1. The minimum Gasteiger partial charge on any atom is -0.494 e. The van der Waals surface area contributed by atoms with Crippen molar-refractivity contribution in [1.29, 1.82) is 0 Å². The van der Waals surface area contributed by atoms with E-state index in [-0.39, 0.29) is 0 Å². The van der Waals surface area contributed by atoms with Crippen molar-refractivity contribution in [3.05, 3.63) is 72.4 Å². The minimum absolute atomic E-state index is 0.541. The predicted molar refractivity (Wildman–Crippen MR) is 111 cm³/mol. The van der Waals surface area contributed by atoms with Gasteiger partial charge in [-0.2, -0.15) is 0 Å². The first kappa shape index (κ1) is 19.4. The number of aromatic nitrogens is 3. The number of para-hydroxylation sites is 1. The van der Waals surface area contributed by atoms with Gasteiger partial charge in [-0.05, 0) is 31.5 Å². The molecule has 0 spiro atoms. The molecule has 2 N–H and O–H groups in total. The number of pyridine rings is 1. The van der Waals surface area contributed by atoms with E-state index in [0.29, 0.717) is 19.7 Å². The van der Waals surface area contributed by atoms with Gasteiger partial charge in [-0.3, -0.25) is 4.57 Å². The van der Waals surface area contributed by atoms with Crippen LogP contribution in [0.25, 0.3) is 5.82 Å². The van der Waals surface area contributed by atoms with Gasteiger partial charge in [0, 0.05) is 37.2 Å². The zero-order valence-corrected chi connectivity index (χ0v) is 16.3. The van der Waals surface area contributed by atoms with E-state index in [4.69, 9.17) is 4.74 Å². The lowest BCUT2D eigenvalue weighted by Crippen LogP contribution is -2.36. The Labute approximate surface area is 165 Å². The molecule has 1 aromatic carbocycles. The molecule has 0 aliphatic rings. The van der Waals surface area contributed by atoms with Crippen molar-refractivity contribution in [3.8, 4) is 11.6 Å². The van der Waals surface area contributed by atoms with E-state index < -0.39 is 0 Å². The van der Waals surface area contributed by atoms with Gasteiger partial charge >= 0.3 is 0 Å². The summed E-state index contributed by atoms with van der Waals surface area (Å²) >= 11 is 0. The number of ether oxygens (including phenoxy) is 1. The van der Waals surface area contributed by atoms with Crippen molar-refractivity contribution in [1.82, 2.24) is 25.2 Å². The maximum Gasteiger partial charge on any atom is 0.191 e. The van der Waals surface area contributed by atoms with Crippen molar-refractivity contribution in [2.45, 2.75) is 26.9 Å². The molecule has 0 aliphatic carbocycles. The van der Waals surface area contributed by atoms with Gasteiger partial charge in [0.05, 0.1) is 13.2 Å². The Hall–Kier alpha value is -3.35. The van der Waals surface area contributed by atoms with Crippen molar-refractivity contribution < 1.29 is 4.74 Å². The SMILES string of the molecule is CCNC(=NCc1ccc(-n2ccnc2)nc1)NCc1ccccc1OCC. The predicted octanol–water partition coefficient (Wildman–Crippen LogP) is 2.92. The molecule has 146 valence electrons. The van der Waals surface area contributed by atoms with Gasteiger partial charge in [-0.15, -0.1) is 0 Å². The summed E-state index contributed by atoms with van der Waals surface area (Å²) in [4.78, 5) is 13.2. The summed E-state index contributed by atoms with van der Waals surface area (Å²) in [7, 11) is 0. The molecule has 3 rings (SSSR count). The molecule has 0 radical (unpaired) electrons. The highest BCUT2D eigenvalue weighted by molar-refractivity contribution is 5.79. The van der Waals surface area contributed by atoms with Crippen LogP contribution in [-0.4, -0.2) is 33.6 Å². The van der Waals surface area contributed by atoms with Crippen LogP contribution in [0.2, 0.25) is 0 Å². The topological polar surface area (TPSA) is 76.4 Å². The summed E-state index contributed by atoms with van der Waals surface area (Å²) in [6.45, 7) is 6.65. The van der Waals surface area contributed by atoms with Gasteiger partial charge in [-0.1, -0.05) is 24.3 Å². The first-order valence-corrected chi connectivity index (χ1v) is 9.46. The molecule has 2 heterocycles. The van der Waals surface area contributed by atoms with E-state index >= 15 is 0 Å². The van der Waals surface area contributed by atoms with Crippen LogP contribution < -0.4 is 15.4 Å². The molecule has 0 fully saturated rings. The molecule has 0 saturated carbocycles. The second-order valence-corrected chi connectivity index (χ2v) is 6.08. The molecule has 7 nitrogen and oxygen atoms in total. The van der Waals surface area contributed by atoms with E-state index in [0.717, 1.165) is 35.2 Å². The fraction of sp³-hybridized carbons (Fsp3) is 0.286. The normalized spacial score (nSPS) is 11.3. The maximum absolute atomic E-state index is 5.69. The first-order chi connectivity index (χ1) is 13.8. The Morgan fingerprint density at radius 2 is 2.04 bits per heavy atom. The molecule has 7 heteroatoms. The molecule has 0 saturated heterocycles. The third kappa shape index (κ3) is 5.33. The molecule has 0 amide bonds. The summed E-state index contributed by atoms with van der Waals surface area (Å²) in [5.41, 5.74) is 2.14. The van der Waals surface area contributed by atoms with Crippen LogP contribution >= 0.6 is 0 Å². The van der Waals surface area contributed by atoms with Crippen LogP contribution in [-0.2, 0) is 13.1 Å². The Morgan fingerprint density at radius 1 is 1.14 bits per heavy atom. The average molecular weight is 378 g/mol. The van der Waals surface area contributed by atoms with E-state index in [1.165, 1.54) is 0 Å². The van der Waals surface area contributed by atoms with Crippen LogP contribution in [0.3, 0.4) is 0 Å². The van der Waals surface area contributed by atoms with Gasteiger partial charge in [0.1, 0.15) is 17.9 Å². The largest absolute Gasteiger partial charge is 0.494 e. The summed E-state index contributed by atoms with van der Waals surface area (Å²) in [5.74, 6) is 2.49. The van der Waals surface area contributed by atoms with Gasteiger partial charge in [0.2, 0.25) is 0 Å². The van der Waals surface area contributed by atoms with Crippen molar-refractivity contribution in [2.75, 3.05) is 13.2 Å². The number of nitrogens with one attached hydrogen (secondary N) is 2. The van der Waals surface area contributed by atoms with Crippen LogP contribution in [0.5, 0.6) is 5.75 Å². The highest BCUT2D eigenvalue weighted by Crippen LogP contribution is 2.17. The Bertz CT molecular complexity index is 874. The van der Waals surface area contributed by atoms with Gasteiger partial charge in [0.15, 0.2) is 5.96 Å². The number of rotatable bonds is 8. The lowest BCUT2D eigenvalue weighted by atomic mass is 10.2. The molecule has 0 atom stereocenters. The van der Waals surface area contributed by atoms with Gasteiger partial charge in [0.25, 0.3) is 0 Å². The summed E-state index contributed by atoms with van der Waals surface area (Å²) in [5, 5.41) is 6.64.